The van der Waals surface area contributed by atoms with E-state index >= 15 is 0 Å². The van der Waals surface area contributed by atoms with Crippen LogP contribution in [0.15, 0.2) is 23.1 Å². The summed E-state index contributed by atoms with van der Waals surface area (Å²) in [6.07, 6.45) is 2.54. The molecule has 2 saturated heterocycles. The van der Waals surface area contributed by atoms with Crippen molar-refractivity contribution in [1.29, 1.82) is 0 Å². The molecular weight excluding hydrogens is 381 g/mol. The van der Waals surface area contributed by atoms with Gasteiger partial charge in [0, 0.05) is 51.4 Å². The van der Waals surface area contributed by atoms with E-state index in [-0.39, 0.29) is 11.5 Å². The molecule has 3 rings (SSSR count). The van der Waals surface area contributed by atoms with E-state index < -0.39 is 20.7 Å². The Morgan fingerprint density at radius 1 is 1.04 bits per heavy atom. The lowest BCUT2D eigenvalue weighted by molar-refractivity contribution is 0.0623. The van der Waals surface area contributed by atoms with Gasteiger partial charge in [-0.25, -0.2) is 12.8 Å². The van der Waals surface area contributed by atoms with E-state index in [0.717, 1.165) is 45.0 Å². The molecule has 0 aromatic heterocycles. The number of sulfonamides is 1. The third kappa shape index (κ3) is 4.72. The Morgan fingerprint density at radius 2 is 1.68 bits per heavy atom. The maximum absolute atomic E-state index is 14.4. The first-order valence-corrected chi connectivity index (χ1v) is 11.5. The third-order valence-corrected chi connectivity index (χ3v) is 7.31. The molecule has 1 amide bonds. The first kappa shape index (κ1) is 21.2. The van der Waals surface area contributed by atoms with Crippen LogP contribution in [0.3, 0.4) is 0 Å². The molecule has 2 aliphatic heterocycles. The van der Waals surface area contributed by atoms with Crippen molar-refractivity contribution in [3.63, 3.8) is 0 Å². The van der Waals surface area contributed by atoms with Crippen LogP contribution >= 0.6 is 0 Å². The molecule has 0 radical (unpaired) electrons. The lowest BCUT2D eigenvalue weighted by Crippen LogP contribution is -2.49. The molecule has 0 spiro atoms. The summed E-state index contributed by atoms with van der Waals surface area (Å²) in [5.41, 5.74) is 0.231. The number of rotatable bonds is 5. The van der Waals surface area contributed by atoms with Crippen LogP contribution < -0.4 is 0 Å². The smallest absolute Gasteiger partial charge is 0.253 e. The van der Waals surface area contributed by atoms with Crippen LogP contribution in [0, 0.1) is 11.7 Å². The van der Waals surface area contributed by atoms with Gasteiger partial charge in [-0.3, -0.25) is 9.69 Å². The van der Waals surface area contributed by atoms with Crippen molar-refractivity contribution in [2.45, 2.75) is 38.0 Å². The zero-order chi connectivity index (χ0) is 20.3. The van der Waals surface area contributed by atoms with Gasteiger partial charge in [0.2, 0.25) is 10.0 Å². The van der Waals surface area contributed by atoms with Crippen molar-refractivity contribution >= 4 is 15.9 Å². The molecule has 0 saturated carbocycles. The van der Waals surface area contributed by atoms with Crippen molar-refractivity contribution in [2.24, 2.45) is 5.92 Å². The highest BCUT2D eigenvalue weighted by Crippen LogP contribution is 2.24. The van der Waals surface area contributed by atoms with Gasteiger partial charge in [-0.05, 0) is 37.0 Å². The van der Waals surface area contributed by atoms with Gasteiger partial charge in [0.1, 0.15) is 10.7 Å². The number of hydrogen-bond donors (Lipinski definition) is 0. The zero-order valence-electron chi connectivity index (χ0n) is 16.7. The fourth-order valence-corrected chi connectivity index (χ4v) is 5.52. The lowest BCUT2D eigenvalue weighted by Gasteiger charge is -2.35. The highest BCUT2D eigenvalue weighted by Gasteiger charge is 2.30. The molecular formula is C20H30FN3O3S. The maximum Gasteiger partial charge on any atom is 0.253 e. The zero-order valence-corrected chi connectivity index (χ0v) is 17.5. The number of piperazine rings is 1. The number of benzene rings is 1. The molecule has 6 nitrogen and oxygen atoms in total. The Morgan fingerprint density at radius 3 is 2.29 bits per heavy atom. The van der Waals surface area contributed by atoms with E-state index in [1.165, 1.54) is 16.4 Å². The molecule has 0 atom stereocenters. The van der Waals surface area contributed by atoms with Crippen LogP contribution in [0.2, 0.25) is 0 Å². The average molecular weight is 412 g/mol. The fraction of sp³-hybridized carbons (Fsp3) is 0.650. The molecule has 28 heavy (non-hydrogen) atoms. The summed E-state index contributed by atoms with van der Waals surface area (Å²) in [6, 6.07) is 3.69. The highest BCUT2D eigenvalue weighted by molar-refractivity contribution is 7.89. The Balaban J connectivity index is 1.75. The number of nitrogens with zero attached hydrogens (tertiary/aromatic N) is 3. The van der Waals surface area contributed by atoms with Gasteiger partial charge in [-0.2, -0.15) is 4.31 Å². The second-order valence-corrected chi connectivity index (χ2v) is 10.0. The van der Waals surface area contributed by atoms with Gasteiger partial charge in [0.05, 0.1) is 0 Å². The maximum atomic E-state index is 14.4. The van der Waals surface area contributed by atoms with Gasteiger partial charge in [0.25, 0.3) is 5.91 Å². The summed E-state index contributed by atoms with van der Waals surface area (Å²) < 4.78 is 41.4. The Labute approximate surface area is 167 Å². The van der Waals surface area contributed by atoms with Crippen LogP contribution in [-0.2, 0) is 10.0 Å². The van der Waals surface area contributed by atoms with Gasteiger partial charge in [-0.15, -0.1) is 0 Å². The number of piperidine rings is 1. The predicted octanol–water partition coefficient (Wildman–Crippen LogP) is 2.41. The minimum absolute atomic E-state index is 0.231. The second-order valence-electron chi connectivity index (χ2n) is 8.10. The minimum atomic E-state index is -3.92. The summed E-state index contributed by atoms with van der Waals surface area (Å²) in [7, 11) is -3.92. The van der Waals surface area contributed by atoms with E-state index in [0.29, 0.717) is 32.1 Å². The summed E-state index contributed by atoms with van der Waals surface area (Å²) in [5.74, 6) is -0.468. The van der Waals surface area contributed by atoms with Gasteiger partial charge < -0.3 is 4.90 Å². The average Bonchev–Trinajstić information content (AvgIpc) is 2.68. The van der Waals surface area contributed by atoms with E-state index in [1.807, 2.05) is 0 Å². The van der Waals surface area contributed by atoms with Gasteiger partial charge in [-0.1, -0.05) is 20.3 Å². The Kier molecular flexibility index (Phi) is 6.73. The number of carbonyl (C=O) groups excluding carboxylic acids is 1. The molecule has 0 aliphatic carbocycles. The van der Waals surface area contributed by atoms with Crippen LogP contribution in [0.25, 0.3) is 0 Å². The van der Waals surface area contributed by atoms with E-state index in [2.05, 4.69) is 18.7 Å². The van der Waals surface area contributed by atoms with Gasteiger partial charge in [0.15, 0.2) is 0 Å². The van der Waals surface area contributed by atoms with Crippen molar-refractivity contribution in [1.82, 2.24) is 14.1 Å². The molecule has 0 bridgehead atoms. The molecule has 8 heteroatoms. The lowest BCUT2D eigenvalue weighted by atomic mass is 10.1. The van der Waals surface area contributed by atoms with Crippen LogP contribution in [0.5, 0.6) is 0 Å². The molecule has 0 N–H and O–H groups in total. The quantitative estimate of drug-likeness (QED) is 0.747. The standard InChI is InChI=1S/C20H30FN3O3S/c1-16(2)15-22-10-12-23(13-11-22)20(25)17-6-7-18(21)19(14-17)28(26,27)24-8-4-3-5-9-24/h6-7,14,16H,3-5,8-13,15H2,1-2H3. The molecule has 1 aromatic rings. The SMILES string of the molecule is CC(C)CN1CCN(C(=O)c2ccc(F)c(S(=O)(=O)N3CCCCC3)c2)CC1. The largest absolute Gasteiger partial charge is 0.336 e. The normalized spacial score (nSPS) is 19.9. The van der Waals surface area contributed by atoms with E-state index in [1.54, 1.807) is 4.90 Å². The monoisotopic (exact) mass is 411 g/mol. The molecule has 156 valence electrons. The fourth-order valence-electron chi connectivity index (χ4n) is 3.91. The second kappa shape index (κ2) is 8.88. The third-order valence-electron chi connectivity index (χ3n) is 5.39. The van der Waals surface area contributed by atoms with Crippen molar-refractivity contribution in [2.75, 3.05) is 45.8 Å². The first-order chi connectivity index (χ1) is 13.3. The first-order valence-electron chi connectivity index (χ1n) is 10.1. The molecule has 2 fully saturated rings. The van der Waals surface area contributed by atoms with Crippen LogP contribution in [0.4, 0.5) is 4.39 Å². The van der Waals surface area contributed by atoms with E-state index in [4.69, 9.17) is 0 Å². The molecule has 2 aliphatic rings. The topological polar surface area (TPSA) is 60.9 Å². The summed E-state index contributed by atoms with van der Waals surface area (Å²) in [5, 5.41) is 0. The van der Waals surface area contributed by atoms with Crippen LogP contribution in [-0.4, -0.2) is 74.2 Å². The van der Waals surface area contributed by atoms with Crippen molar-refractivity contribution < 1.29 is 17.6 Å². The molecule has 1 aromatic carbocycles. The number of hydrogen-bond acceptors (Lipinski definition) is 4. The Hall–Kier alpha value is -1.51. The number of carbonyl (C=O) groups is 1. The minimum Gasteiger partial charge on any atom is -0.336 e. The molecule has 2 heterocycles. The van der Waals surface area contributed by atoms with Gasteiger partial charge >= 0.3 is 0 Å². The highest BCUT2D eigenvalue weighted by atomic mass is 32.2. The summed E-state index contributed by atoms with van der Waals surface area (Å²) in [4.78, 5) is 16.5. The van der Waals surface area contributed by atoms with Crippen LogP contribution in [0.1, 0.15) is 43.5 Å². The van der Waals surface area contributed by atoms with Crippen molar-refractivity contribution in [3.05, 3.63) is 29.6 Å². The Bertz CT molecular complexity index is 799. The summed E-state index contributed by atoms with van der Waals surface area (Å²) >= 11 is 0. The number of halogens is 1. The molecule has 0 unspecified atom stereocenters. The summed E-state index contributed by atoms with van der Waals surface area (Å²) in [6.45, 7) is 8.91. The number of amides is 1. The van der Waals surface area contributed by atoms with Crippen molar-refractivity contribution in [3.8, 4) is 0 Å². The predicted molar refractivity (Wildman–Crippen MR) is 106 cm³/mol. The van der Waals surface area contributed by atoms with E-state index in [9.17, 15) is 17.6 Å².